The smallest absolute Gasteiger partial charge is 0.0250 e. The van der Waals surface area contributed by atoms with Crippen LogP contribution in [0.15, 0.2) is 0 Å². The minimum absolute atomic E-state index is 0.120. The van der Waals surface area contributed by atoms with Crippen LogP contribution in [0.2, 0.25) is 39.3 Å². The van der Waals surface area contributed by atoms with Gasteiger partial charge in [-0.15, -0.1) is 0 Å². The van der Waals surface area contributed by atoms with Crippen molar-refractivity contribution in [3.63, 3.8) is 0 Å². The Kier molecular flexibility index (Phi) is 5.09. The lowest BCUT2D eigenvalue weighted by Crippen LogP contribution is -2.52. The van der Waals surface area contributed by atoms with E-state index >= 15 is 0 Å². The van der Waals surface area contributed by atoms with Gasteiger partial charge in [0.05, 0.1) is 0 Å². The molecule has 0 aliphatic rings. The molecule has 0 nitrogen and oxygen atoms in total. The molecule has 4 heteroatoms. The van der Waals surface area contributed by atoms with E-state index in [9.17, 15) is 0 Å². The van der Waals surface area contributed by atoms with Crippen molar-refractivity contribution >= 4 is 32.3 Å². The zero-order chi connectivity index (χ0) is 8.31. The lowest BCUT2D eigenvalue weighted by atomic mass is 11.9. The Morgan fingerprint density at radius 1 is 0.500 bits per heavy atom. The average molecular weight is 203 g/mol. The fourth-order valence-corrected chi connectivity index (χ4v) is 40.5. The molecule has 0 heterocycles. The van der Waals surface area contributed by atoms with Gasteiger partial charge < -0.3 is 0 Å². The third-order valence-electron chi connectivity index (χ3n) is 1.50. The molecule has 0 aromatic carbocycles. The van der Waals surface area contributed by atoms with Gasteiger partial charge in [0.25, 0.3) is 0 Å². The van der Waals surface area contributed by atoms with Gasteiger partial charge in [0.2, 0.25) is 0 Å². The predicted octanol–water partition coefficient (Wildman–Crippen LogP) is 1.98. The second kappa shape index (κ2) is 4.69. The van der Waals surface area contributed by atoms with Crippen LogP contribution in [0, 0.1) is 0 Å². The van der Waals surface area contributed by atoms with Crippen LogP contribution in [0.1, 0.15) is 0 Å². The van der Waals surface area contributed by atoms with Crippen LogP contribution < -0.4 is 0 Å². The SMILES string of the molecule is C[Si](C)[Si]([Si](C)C)[Si](C)C. The van der Waals surface area contributed by atoms with E-state index in [0.29, 0.717) is 0 Å². The van der Waals surface area contributed by atoms with Crippen LogP contribution in [-0.2, 0) is 0 Å². The molecule has 4 radical (unpaired) electrons. The molecule has 0 aromatic heterocycles. The lowest BCUT2D eigenvalue weighted by Gasteiger charge is -2.23. The molecule has 0 aliphatic carbocycles. The molecule has 0 spiro atoms. The number of hydrogen-bond acceptors (Lipinski definition) is 0. The topological polar surface area (TPSA) is 0 Å². The Labute approximate surface area is 71.8 Å². The van der Waals surface area contributed by atoms with Crippen LogP contribution in [0.5, 0.6) is 0 Å². The Morgan fingerprint density at radius 3 is 0.700 bits per heavy atom. The summed E-state index contributed by atoms with van der Waals surface area (Å²) < 4.78 is 0. The van der Waals surface area contributed by atoms with Crippen molar-refractivity contribution in [3.8, 4) is 0 Å². The maximum absolute atomic E-state index is 2.52. The first-order valence-electron chi connectivity index (χ1n) is 3.75. The predicted molar refractivity (Wildman–Crippen MR) is 58.2 cm³/mol. The van der Waals surface area contributed by atoms with Crippen molar-refractivity contribution in [3.05, 3.63) is 0 Å². The van der Waals surface area contributed by atoms with E-state index < -0.39 is 0 Å². The third-order valence-corrected chi connectivity index (χ3v) is 40.5. The zero-order valence-corrected chi connectivity index (χ0v) is 12.0. The molecule has 0 unspecified atom stereocenters. The van der Waals surface area contributed by atoms with Crippen LogP contribution in [-0.4, -0.2) is 32.3 Å². The highest BCUT2D eigenvalue weighted by Gasteiger charge is 2.25. The summed E-state index contributed by atoms with van der Waals surface area (Å²) >= 11 is 0. The van der Waals surface area contributed by atoms with Crippen LogP contribution in [0.4, 0.5) is 0 Å². The van der Waals surface area contributed by atoms with Gasteiger partial charge in [0.15, 0.2) is 0 Å². The largest absolute Gasteiger partial charge is 0.0739 e. The first-order valence-corrected chi connectivity index (χ1v) is 15.8. The summed E-state index contributed by atoms with van der Waals surface area (Å²) in [6.45, 7) is 15.1. The summed E-state index contributed by atoms with van der Waals surface area (Å²) in [5.41, 5.74) is 0. The molecule has 10 heavy (non-hydrogen) atoms. The molecule has 0 saturated heterocycles. The summed E-state index contributed by atoms with van der Waals surface area (Å²) in [4.78, 5) is 0. The van der Waals surface area contributed by atoms with E-state index in [-0.39, 0.29) is 32.3 Å². The van der Waals surface area contributed by atoms with Gasteiger partial charge in [-0.3, -0.25) is 0 Å². The zero-order valence-electron chi connectivity index (χ0n) is 8.00. The Hall–Kier alpha value is 0.868. The highest BCUT2D eigenvalue weighted by Crippen LogP contribution is 2.01. The van der Waals surface area contributed by atoms with Crippen molar-refractivity contribution in [1.29, 1.82) is 0 Å². The van der Waals surface area contributed by atoms with Crippen molar-refractivity contribution in [2.24, 2.45) is 0 Å². The monoisotopic (exact) mass is 202 g/mol. The summed E-state index contributed by atoms with van der Waals surface area (Å²) in [5.74, 6) is 0. The van der Waals surface area contributed by atoms with Gasteiger partial charge in [-0.2, -0.15) is 0 Å². The fourth-order valence-electron chi connectivity index (χ4n) is 1.50. The quantitative estimate of drug-likeness (QED) is 0.614. The van der Waals surface area contributed by atoms with Crippen LogP contribution in [0.25, 0.3) is 0 Å². The first-order chi connectivity index (χ1) is 4.46. The van der Waals surface area contributed by atoms with Crippen molar-refractivity contribution < 1.29 is 0 Å². The van der Waals surface area contributed by atoms with Crippen molar-refractivity contribution in [2.45, 2.75) is 39.3 Å². The fraction of sp³-hybridized carbons (Fsp3) is 1.00. The van der Waals surface area contributed by atoms with E-state index in [4.69, 9.17) is 0 Å². The summed E-state index contributed by atoms with van der Waals surface area (Å²) in [5, 5.41) is 0. The minimum Gasteiger partial charge on any atom is -0.0739 e. The summed E-state index contributed by atoms with van der Waals surface area (Å²) in [7, 11) is 0.571. The van der Waals surface area contributed by atoms with Crippen molar-refractivity contribution in [1.82, 2.24) is 0 Å². The van der Waals surface area contributed by atoms with E-state index in [2.05, 4.69) is 39.3 Å². The van der Waals surface area contributed by atoms with Gasteiger partial charge in [-0.05, 0) is 0 Å². The molecule has 0 rings (SSSR count). The molecular weight excluding hydrogens is 184 g/mol. The molecule has 0 aromatic rings. The first kappa shape index (κ1) is 10.9. The lowest BCUT2D eigenvalue weighted by molar-refractivity contribution is 2.02. The molecule has 0 fully saturated rings. The van der Waals surface area contributed by atoms with Crippen molar-refractivity contribution in [2.75, 3.05) is 0 Å². The van der Waals surface area contributed by atoms with Gasteiger partial charge in [0.1, 0.15) is 0 Å². The third kappa shape index (κ3) is 3.32. The Balaban J connectivity index is 3.98. The highest BCUT2D eigenvalue weighted by molar-refractivity contribution is 7.70. The normalized spacial score (nSPS) is 12.6. The molecule has 58 valence electrons. The van der Waals surface area contributed by atoms with E-state index in [1.807, 2.05) is 0 Å². The molecule has 0 N–H and O–H groups in total. The summed E-state index contributed by atoms with van der Waals surface area (Å²) in [6.07, 6.45) is 0. The second-order valence-corrected chi connectivity index (χ2v) is 28.1. The maximum Gasteiger partial charge on any atom is 0.0250 e. The minimum atomic E-state index is 0.120. The highest BCUT2D eigenvalue weighted by atomic mass is 29.9. The standard InChI is InChI=1S/C6H18Si4/c1-7(2)10(8(3)4)9(5)6/h1-6H3. The van der Waals surface area contributed by atoms with E-state index in [1.54, 1.807) is 0 Å². The van der Waals surface area contributed by atoms with E-state index in [1.165, 1.54) is 0 Å². The molecule has 0 atom stereocenters. The Morgan fingerprint density at radius 2 is 0.700 bits per heavy atom. The molecule has 0 amide bonds. The molecular formula is C6H18Si4. The van der Waals surface area contributed by atoms with Gasteiger partial charge in [-0.1, -0.05) is 39.3 Å². The summed E-state index contributed by atoms with van der Waals surface area (Å²) in [6, 6.07) is 0. The maximum atomic E-state index is 2.52. The van der Waals surface area contributed by atoms with E-state index in [0.717, 1.165) is 0 Å². The van der Waals surface area contributed by atoms with Gasteiger partial charge in [0, 0.05) is 32.3 Å². The van der Waals surface area contributed by atoms with Crippen LogP contribution >= 0.6 is 0 Å². The average Bonchev–Trinajstić information content (AvgIpc) is 1.59. The van der Waals surface area contributed by atoms with Crippen LogP contribution in [0.3, 0.4) is 0 Å². The van der Waals surface area contributed by atoms with Gasteiger partial charge >= 0.3 is 0 Å². The number of rotatable bonds is 3. The Bertz CT molecular complexity index is 70.7. The second-order valence-electron chi connectivity index (χ2n) is 3.38. The van der Waals surface area contributed by atoms with Gasteiger partial charge in [-0.25, -0.2) is 0 Å². The number of hydrogen-bond donors (Lipinski definition) is 0. The molecule has 0 bridgehead atoms. The molecule has 0 saturated carbocycles. The molecule has 0 aliphatic heterocycles.